The van der Waals surface area contributed by atoms with Crippen LogP contribution in [0.1, 0.15) is 56.6 Å². The van der Waals surface area contributed by atoms with Gasteiger partial charge in [0.1, 0.15) is 6.04 Å². The zero-order chi connectivity index (χ0) is 17.6. The fraction of sp³-hybridized carbons (Fsp3) is 0.611. The second kappa shape index (κ2) is 8.62. The van der Waals surface area contributed by atoms with Gasteiger partial charge < -0.3 is 5.32 Å². The van der Waals surface area contributed by atoms with Gasteiger partial charge in [-0.3, -0.25) is 4.79 Å². The first-order chi connectivity index (χ1) is 11.4. The standard InChI is InChI=1S/C18H28N2O3S/c1-20(24(2,22)23)17(15-11-7-6-8-12-15)18(21)19-16-13-9-4-3-5-10-14-16/h6-8,11-12,16-17H,3-5,9-10,13-14H2,1-2H3,(H,19,21)/t17-/m0/s1. The highest BCUT2D eigenvalue weighted by atomic mass is 32.2. The fourth-order valence-electron chi connectivity index (χ4n) is 3.23. The first kappa shape index (κ1) is 18.9. The van der Waals surface area contributed by atoms with Crippen molar-refractivity contribution in [1.29, 1.82) is 0 Å². The summed E-state index contributed by atoms with van der Waals surface area (Å²) in [7, 11) is -2.01. The average molecular weight is 352 g/mol. The summed E-state index contributed by atoms with van der Waals surface area (Å²) in [5.41, 5.74) is 0.689. The Labute approximate surface area is 145 Å². The maximum Gasteiger partial charge on any atom is 0.243 e. The van der Waals surface area contributed by atoms with Crippen molar-refractivity contribution in [3.63, 3.8) is 0 Å². The molecular formula is C18H28N2O3S. The van der Waals surface area contributed by atoms with Gasteiger partial charge in [0.05, 0.1) is 6.26 Å². The maximum absolute atomic E-state index is 12.9. The molecule has 1 aromatic rings. The van der Waals surface area contributed by atoms with Gasteiger partial charge in [0.15, 0.2) is 0 Å². The van der Waals surface area contributed by atoms with Gasteiger partial charge >= 0.3 is 0 Å². The summed E-state index contributed by atoms with van der Waals surface area (Å²) in [6, 6.07) is 8.40. The van der Waals surface area contributed by atoms with Crippen LogP contribution in [0, 0.1) is 0 Å². The molecule has 1 aliphatic rings. The van der Waals surface area contributed by atoms with E-state index < -0.39 is 16.1 Å². The van der Waals surface area contributed by atoms with Crippen molar-refractivity contribution in [2.45, 2.75) is 57.0 Å². The third-order valence-electron chi connectivity index (χ3n) is 4.70. The molecule has 1 fully saturated rings. The van der Waals surface area contributed by atoms with Crippen LogP contribution in [0.4, 0.5) is 0 Å². The molecule has 134 valence electrons. The van der Waals surface area contributed by atoms with Crippen LogP contribution in [0.3, 0.4) is 0 Å². The quantitative estimate of drug-likeness (QED) is 0.886. The Morgan fingerprint density at radius 1 is 1.08 bits per heavy atom. The second-order valence-corrected chi connectivity index (χ2v) is 8.69. The predicted octanol–water partition coefficient (Wildman–Crippen LogP) is 2.85. The van der Waals surface area contributed by atoms with Crippen molar-refractivity contribution in [2.75, 3.05) is 13.3 Å². The number of nitrogens with one attached hydrogen (secondary N) is 1. The molecule has 0 bridgehead atoms. The Bertz CT molecular complexity index is 623. The molecule has 0 heterocycles. The monoisotopic (exact) mass is 352 g/mol. The second-order valence-electron chi connectivity index (χ2n) is 6.64. The predicted molar refractivity (Wildman–Crippen MR) is 96.0 cm³/mol. The SMILES string of the molecule is CN([C@H](C(=O)NC1CCCCCCC1)c1ccccc1)S(C)(=O)=O. The van der Waals surface area contributed by atoms with E-state index in [9.17, 15) is 13.2 Å². The van der Waals surface area contributed by atoms with Crippen LogP contribution in [0.15, 0.2) is 30.3 Å². The van der Waals surface area contributed by atoms with Gasteiger partial charge in [-0.25, -0.2) is 8.42 Å². The van der Waals surface area contributed by atoms with E-state index in [1.165, 1.54) is 26.3 Å². The summed E-state index contributed by atoms with van der Waals surface area (Å²) in [5.74, 6) is -0.236. The van der Waals surface area contributed by atoms with Crippen LogP contribution in [0.25, 0.3) is 0 Å². The number of benzene rings is 1. The van der Waals surface area contributed by atoms with Crippen LogP contribution in [-0.2, 0) is 14.8 Å². The molecule has 0 saturated heterocycles. The molecular weight excluding hydrogens is 324 g/mol. The van der Waals surface area contributed by atoms with E-state index in [4.69, 9.17) is 0 Å². The zero-order valence-corrected chi connectivity index (χ0v) is 15.4. The average Bonchev–Trinajstić information content (AvgIpc) is 2.50. The fourth-order valence-corrected chi connectivity index (χ4v) is 3.83. The molecule has 0 unspecified atom stereocenters. The third-order valence-corrected chi connectivity index (χ3v) is 5.96. The minimum atomic E-state index is -3.48. The zero-order valence-electron chi connectivity index (χ0n) is 14.6. The van der Waals surface area contributed by atoms with Gasteiger partial charge in [0.25, 0.3) is 0 Å². The number of likely N-dealkylation sites (N-methyl/N-ethyl adjacent to an activating group) is 1. The summed E-state index contributed by atoms with van der Waals surface area (Å²) in [6.45, 7) is 0. The van der Waals surface area contributed by atoms with E-state index in [1.54, 1.807) is 12.1 Å². The molecule has 1 saturated carbocycles. The van der Waals surface area contributed by atoms with Crippen LogP contribution in [0.5, 0.6) is 0 Å². The van der Waals surface area contributed by atoms with Crippen molar-refractivity contribution in [3.05, 3.63) is 35.9 Å². The van der Waals surface area contributed by atoms with E-state index in [1.807, 2.05) is 18.2 Å². The Morgan fingerprint density at radius 3 is 2.17 bits per heavy atom. The van der Waals surface area contributed by atoms with Crippen molar-refractivity contribution in [1.82, 2.24) is 9.62 Å². The van der Waals surface area contributed by atoms with Crippen molar-refractivity contribution < 1.29 is 13.2 Å². The highest BCUT2D eigenvalue weighted by Crippen LogP contribution is 2.23. The summed E-state index contributed by atoms with van der Waals surface area (Å²) in [4.78, 5) is 12.9. The normalized spacial score (nSPS) is 18.6. The smallest absolute Gasteiger partial charge is 0.243 e. The summed E-state index contributed by atoms with van der Waals surface area (Å²) in [6.07, 6.45) is 8.98. The maximum atomic E-state index is 12.9. The number of hydrogen-bond donors (Lipinski definition) is 1. The molecule has 0 aromatic heterocycles. The molecule has 1 amide bonds. The number of sulfonamides is 1. The number of carbonyl (C=O) groups excluding carboxylic acids is 1. The summed E-state index contributed by atoms with van der Waals surface area (Å²) < 4.78 is 25.1. The molecule has 0 radical (unpaired) electrons. The van der Waals surface area contributed by atoms with E-state index in [0.29, 0.717) is 5.56 Å². The van der Waals surface area contributed by atoms with Gasteiger partial charge in [0, 0.05) is 13.1 Å². The minimum absolute atomic E-state index is 0.136. The summed E-state index contributed by atoms with van der Waals surface area (Å²) in [5, 5.41) is 3.09. The number of carbonyl (C=O) groups is 1. The van der Waals surface area contributed by atoms with Crippen LogP contribution < -0.4 is 5.32 Å². The molecule has 0 aliphatic heterocycles. The lowest BCUT2D eigenvalue weighted by Gasteiger charge is -2.28. The Balaban J connectivity index is 2.18. The lowest BCUT2D eigenvalue weighted by Crippen LogP contribution is -2.45. The highest BCUT2D eigenvalue weighted by Gasteiger charge is 2.31. The molecule has 0 spiro atoms. The van der Waals surface area contributed by atoms with E-state index >= 15 is 0 Å². The van der Waals surface area contributed by atoms with Gasteiger partial charge in [-0.15, -0.1) is 0 Å². The Morgan fingerprint density at radius 2 is 1.62 bits per heavy atom. The lowest BCUT2D eigenvalue weighted by molar-refractivity contribution is -0.125. The number of rotatable bonds is 5. The van der Waals surface area contributed by atoms with Crippen LogP contribution in [-0.4, -0.2) is 38.0 Å². The highest BCUT2D eigenvalue weighted by molar-refractivity contribution is 7.88. The van der Waals surface area contributed by atoms with E-state index in [2.05, 4.69) is 5.32 Å². The Kier molecular flexibility index (Phi) is 6.80. The van der Waals surface area contributed by atoms with Gasteiger partial charge in [-0.2, -0.15) is 4.31 Å². The van der Waals surface area contributed by atoms with Crippen LogP contribution in [0.2, 0.25) is 0 Å². The summed E-state index contributed by atoms with van der Waals surface area (Å²) >= 11 is 0. The molecule has 2 rings (SSSR count). The molecule has 1 aliphatic carbocycles. The van der Waals surface area contributed by atoms with Crippen molar-refractivity contribution in [2.24, 2.45) is 0 Å². The Hall–Kier alpha value is -1.40. The molecule has 1 aromatic carbocycles. The van der Waals surface area contributed by atoms with Crippen LogP contribution >= 0.6 is 0 Å². The molecule has 1 atom stereocenters. The number of amides is 1. The molecule has 6 heteroatoms. The number of hydrogen-bond acceptors (Lipinski definition) is 3. The van der Waals surface area contributed by atoms with Gasteiger partial charge in [-0.1, -0.05) is 62.4 Å². The number of nitrogens with zero attached hydrogens (tertiary/aromatic N) is 1. The first-order valence-electron chi connectivity index (χ1n) is 8.68. The molecule has 5 nitrogen and oxygen atoms in total. The van der Waals surface area contributed by atoms with E-state index in [0.717, 1.165) is 36.2 Å². The van der Waals surface area contributed by atoms with Crippen molar-refractivity contribution in [3.8, 4) is 0 Å². The first-order valence-corrected chi connectivity index (χ1v) is 10.5. The van der Waals surface area contributed by atoms with Gasteiger partial charge in [-0.05, 0) is 18.4 Å². The molecule has 24 heavy (non-hydrogen) atoms. The molecule has 1 N–H and O–H groups in total. The van der Waals surface area contributed by atoms with Gasteiger partial charge in [0.2, 0.25) is 15.9 Å². The van der Waals surface area contributed by atoms with E-state index in [-0.39, 0.29) is 11.9 Å². The largest absolute Gasteiger partial charge is 0.352 e. The third kappa shape index (κ3) is 5.31. The lowest BCUT2D eigenvalue weighted by atomic mass is 9.96. The topological polar surface area (TPSA) is 66.5 Å². The minimum Gasteiger partial charge on any atom is -0.352 e. The van der Waals surface area contributed by atoms with Crippen molar-refractivity contribution >= 4 is 15.9 Å².